The Morgan fingerprint density at radius 3 is 2.69 bits per heavy atom. The summed E-state index contributed by atoms with van der Waals surface area (Å²) in [7, 11) is 0. The van der Waals surface area contributed by atoms with Crippen molar-refractivity contribution in [2.45, 2.75) is 6.18 Å². The second-order valence-electron chi connectivity index (χ2n) is 5.61. The zero-order valence-corrected chi connectivity index (χ0v) is 13.5. The molecule has 0 saturated heterocycles. The molecule has 10 heteroatoms. The summed E-state index contributed by atoms with van der Waals surface area (Å²) in [6.07, 6.45) is -1.94. The number of alkyl halides is 3. The molecule has 132 valence electrons. The molecule has 3 aromatic heterocycles. The number of nitrogen functional groups attached to an aromatic ring is 1. The number of hydrogen-bond acceptors (Lipinski definition) is 4. The average molecular weight is 380 g/mol. The van der Waals surface area contributed by atoms with Crippen molar-refractivity contribution >= 4 is 39.2 Å². The predicted molar refractivity (Wildman–Crippen MR) is 91.9 cm³/mol. The molecule has 3 heterocycles. The number of aromatic amines is 2. The Bertz CT molecular complexity index is 1230. The molecule has 4 aromatic rings. The minimum absolute atomic E-state index is 0.158. The van der Waals surface area contributed by atoms with Gasteiger partial charge in [-0.3, -0.25) is 14.9 Å². The lowest BCUT2D eigenvalue weighted by molar-refractivity contribution is -0.136. The van der Waals surface area contributed by atoms with Crippen LogP contribution in [0.5, 0.6) is 0 Å². The third kappa shape index (κ3) is 2.39. The fraction of sp³-hybridized carbons (Fsp3) is 0.0625. The smallest absolute Gasteiger partial charge is 0.394 e. The Labute approximate surface area is 147 Å². The van der Waals surface area contributed by atoms with Gasteiger partial charge in [0.25, 0.3) is 5.56 Å². The Hall–Kier alpha value is -3.07. The number of nitrogens with two attached hydrogens (primary N) is 1. The van der Waals surface area contributed by atoms with Gasteiger partial charge < -0.3 is 10.7 Å². The predicted octanol–water partition coefficient (Wildman–Crippen LogP) is 3.72. The number of halogens is 4. The van der Waals surface area contributed by atoms with Crippen molar-refractivity contribution in [2.24, 2.45) is 0 Å². The zero-order valence-electron chi connectivity index (χ0n) is 12.8. The van der Waals surface area contributed by atoms with Crippen LogP contribution in [0.2, 0.25) is 5.02 Å². The summed E-state index contributed by atoms with van der Waals surface area (Å²) in [4.78, 5) is 18.9. The number of fused-ring (bicyclic) bond motifs is 2. The summed E-state index contributed by atoms with van der Waals surface area (Å²) >= 11 is 5.90. The van der Waals surface area contributed by atoms with Crippen LogP contribution in [0.1, 0.15) is 5.56 Å². The number of nitrogens with zero attached hydrogens (tertiary/aromatic N) is 2. The molecule has 0 unspecified atom stereocenters. The van der Waals surface area contributed by atoms with E-state index in [1.165, 1.54) is 24.5 Å². The monoisotopic (exact) mass is 379 g/mol. The molecule has 0 bridgehead atoms. The first-order valence-corrected chi connectivity index (χ1v) is 7.66. The van der Waals surface area contributed by atoms with Crippen LogP contribution >= 0.6 is 11.6 Å². The molecule has 4 rings (SSSR count). The number of hydrogen-bond donors (Lipinski definition) is 3. The Kier molecular flexibility index (Phi) is 3.45. The van der Waals surface area contributed by atoms with Crippen LogP contribution in [0.25, 0.3) is 33.1 Å². The van der Waals surface area contributed by atoms with Gasteiger partial charge in [0.15, 0.2) is 0 Å². The summed E-state index contributed by atoms with van der Waals surface area (Å²) in [6, 6.07) is 3.66. The SMILES string of the molecule is Nc1c(-c2ccc(C(F)(F)F)c3[nH]ncc23)c2ncc(Cl)cc2[nH]c1=O. The van der Waals surface area contributed by atoms with Crippen molar-refractivity contribution < 1.29 is 13.2 Å². The van der Waals surface area contributed by atoms with Crippen LogP contribution in [-0.4, -0.2) is 20.2 Å². The number of rotatable bonds is 1. The van der Waals surface area contributed by atoms with Gasteiger partial charge in [0.2, 0.25) is 0 Å². The van der Waals surface area contributed by atoms with Crippen molar-refractivity contribution in [3.05, 3.63) is 51.5 Å². The Balaban J connectivity index is 2.14. The van der Waals surface area contributed by atoms with E-state index in [0.29, 0.717) is 21.6 Å². The van der Waals surface area contributed by atoms with E-state index in [2.05, 4.69) is 20.2 Å². The summed E-state index contributed by atoms with van der Waals surface area (Å²) in [6.45, 7) is 0. The third-order valence-electron chi connectivity index (χ3n) is 4.04. The van der Waals surface area contributed by atoms with Crippen LogP contribution in [0.3, 0.4) is 0 Å². The molecule has 26 heavy (non-hydrogen) atoms. The highest BCUT2D eigenvalue weighted by Gasteiger charge is 2.34. The quantitative estimate of drug-likeness (QED) is 0.469. The standard InChI is InChI=1S/C16H9ClF3N5O/c17-6-3-10-14(22-4-6)11(12(21)15(26)24-10)7-1-2-9(16(18,19)20)13-8(7)5-23-25-13/h1-5H,21H2,(H,23,25)(H,24,26). The van der Waals surface area contributed by atoms with Gasteiger partial charge in [0.1, 0.15) is 5.69 Å². The zero-order chi connectivity index (χ0) is 18.6. The van der Waals surface area contributed by atoms with E-state index in [1.54, 1.807) is 0 Å². The molecule has 4 N–H and O–H groups in total. The first-order valence-electron chi connectivity index (χ1n) is 7.28. The Morgan fingerprint density at radius 1 is 1.19 bits per heavy atom. The fourth-order valence-electron chi connectivity index (χ4n) is 2.93. The van der Waals surface area contributed by atoms with E-state index in [-0.39, 0.29) is 22.2 Å². The van der Waals surface area contributed by atoms with E-state index in [0.717, 1.165) is 6.07 Å². The van der Waals surface area contributed by atoms with Crippen LogP contribution < -0.4 is 11.3 Å². The number of H-pyrrole nitrogens is 2. The molecule has 0 aliphatic heterocycles. The second kappa shape index (κ2) is 5.46. The third-order valence-corrected chi connectivity index (χ3v) is 4.25. The van der Waals surface area contributed by atoms with Gasteiger partial charge in [0, 0.05) is 17.1 Å². The van der Waals surface area contributed by atoms with E-state index in [4.69, 9.17) is 17.3 Å². The maximum Gasteiger partial charge on any atom is 0.418 e. The molecule has 1 aromatic carbocycles. The van der Waals surface area contributed by atoms with E-state index < -0.39 is 17.3 Å². The van der Waals surface area contributed by atoms with Gasteiger partial charge in [-0.05, 0) is 17.7 Å². The van der Waals surface area contributed by atoms with Crippen LogP contribution in [0, 0.1) is 0 Å². The van der Waals surface area contributed by atoms with Crippen molar-refractivity contribution in [1.82, 2.24) is 20.2 Å². The summed E-state index contributed by atoms with van der Waals surface area (Å²) in [5.41, 5.74) is 5.29. The van der Waals surface area contributed by atoms with Crippen molar-refractivity contribution in [2.75, 3.05) is 5.73 Å². The van der Waals surface area contributed by atoms with Crippen LogP contribution in [-0.2, 0) is 6.18 Å². The molecule has 0 aliphatic carbocycles. The highest BCUT2D eigenvalue weighted by Crippen LogP contribution is 2.40. The molecule has 6 nitrogen and oxygen atoms in total. The van der Waals surface area contributed by atoms with E-state index in [1.807, 2.05) is 0 Å². The molecule has 0 fully saturated rings. The van der Waals surface area contributed by atoms with Crippen LogP contribution in [0.4, 0.5) is 18.9 Å². The normalized spacial score (nSPS) is 12.2. The number of anilines is 1. The number of pyridine rings is 2. The number of benzene rings is 1. The summed E-state index contributed by atoms with van der Waals surface area (Å²) in [5, 5.41) is 6.54. The minimum Gasteiger partial charge on any atom is -0.394 e. The summed E-state index contributed by atoms with van der Waals surface area (Å²) in [5.74, 6) is 0. The van der Waals surface area contributed by atoms with Gasteiger partial charge in [-0.1, -0.05) is 17.7 Å². The van der Waals surface area contributed by atoms with Gasteiger partial charge in [-0.2, -0.15) is 18.3 Å². The maximum atomic E-state index is 13.2. The maximum absolute atomic E-state index is 13.2. The first-order chi connectivity index (χ1) is 12.3. The molecule has 0 atom stereocenters. The van der Waals surface area contributed by atoms with Crippen molar-refractivity contribution in [3.63, 3.8) is 0 Å². The first kappa shape index (κ1) is 16.4. The highest BCUT2D eigenvalue weighted by atomic mass is 35.5. The molecule has 0 saturated carbocycles. The van der Waals surface area contributed by atoms with E-state index in [9.17, 15) is 18.0 Å². The molecule has 0 aliphatic rings. The number of nitrogens with one attached hydrogen (secondary N) is 2. The average Bonchev–Trinajstić information content (AvgIpc) is 3.04. The molecular weight excluding hydrogens is 371 g/mol. The lowest BCUT2D eigenvalue weighted by Crippen LogP contribution is -2.14. The van der Waals surface area contributed by atoms with Gasteiger partial charge in [-0.15, -0.1) is 0 Å². The lowest BCUT2D eigenvalue weighted by Gasteiger charge is -2.13. The van der Waals surface area contributed by atoms with Crippen molar-refractivity contribution in [1.29, 1.82) is 0 Å². The van der Waals surface area contributed by atoms with E-state index >= 15 is 0 Å². The van der Waals surface area contributed by atoms with Gasteiger partial charge in [-0.25, -0.2) is 0 Å². The minimum atomic E-state index is -4.56. The molecule has 0 radical (unpaired) electrons. The van der Waals surface area contributed by atoms with Gasteiger partial charge in [0.05, 0.1) is 33.3 Å². The van der Waals surface area contributed by atoms with Gasteiger partial charge >= 0.3 is 6.18 Å². The summed E-state index contributed by atoms with van der Waals surface area (Å²) < 4.78 is 39.6. The Morgan fingerprint density at radius 2 is 1.96 bits per heavy atom. The van der Waals surface area contributed by atoms with Crippen molar-refractivity contribution in [3.8, 4) is 11.1 Å². The number of aromatic nitrogens is 4. The largest absolute Gasteiger partial charge is 0.418 e. The molecular formula is C16H9ClF3N5O. The topological polar surface area (TPSA) is 100 Å². The molecule has 0 spiro atoms. The van der Waals surface area contributed by atoms with Crippen LogP contribution in [0.15, 0.2) is 35.4 Å². The molecule has 0 amide bonds. The lowest BCUT2D eigenvalue weighted by atomic mass is 9.97. The fourth-order valence-corrected chi connectivity index (χ4v) is 3.08. The second-order valence-corrected chi connectivity index (χ2v) is 6.05. The highest BCUT2D eigenvalue weighted by molar-refractivity contribution is 6.31.